The average Bonchev–Trinajstić information content (AvgIpc) is 3.64. The van der Waals surface area contributed by atoms with Crippen LogP contribution in [0.25, 0.3) is 0 Å². The Labute approximate surface area is 321 Å². The molecule has 0 aliphatic carbocycles. The van der Waals surface area contributed by atoms with E-state index in [0.29, 0.717) is 6.42 Å². The van der Waals surface area contributed by atoms with Crippen molar-refractivity contribution in [1.29, 1.82) is 0 Å². The third-order valence-electron chi connectivity index (χ3n) is 11.9. The van der Waals surface area contributed by atoms with Gasteiger partial charge in [0.1, 0.15) is 24.4 Å². The van der Waals surface area contributed by atoms with Gasteiger partial charge < -0.3 is 44.8 Å². The van der Waals surface area contributed by atoms with Crippen LogP contribution in [-0.4, -0.2) is 137 Å². The number of aliphatic hydroxyl groups excluding tert-OH is 6. The van der Waals surface area contributed by atoms with E-state index in [0.717, 1.165) is 64.8 Å². The predicted octanol–water partition coefficient (Wildman–Crippen LogP) is 4.31. The lowest BCUT2D eigenvalue weighted by atomic mass is 9.86. The van der Waals surface area contributed by atoms with Gasteiger partial charge in [-0.3, -0.25) is 15.8 Å². The van der Waals surface area contributed by atoms with Gasteiger partial charge in [0.25, 0.3) is 0 Å². The maximum absolute atomic E-state index is 11.5. The lowest BCUT2D eigenvalue weighted by molar-refractivity contribution is -0.305. The Morgan fingerprint density at radius 1 is 0.698 bits per heavy atom. The molecule has 3 aliphatic heterocycles. The van der Waals surface area contributed by atoms with Crippen LogP contribution in [0, 0.1) is 5.92 Å². The molecule has 3 saturated heterocycles. The summed E-state index contributed by atoms with van der Waals surface area (Å²) in [6.45, 7) is 6.76. The summed E-state index contributed by atoms with van der Waals surface area (Å²) in [7, 11) is 0. The van der Waals surface area contributed by atoms with Crippen molar-refractivity contribution in [3.8, 4) is 0 Å². The Hall–Kier alpha value is -0.480. The summed E-state index contributed by atoms with van der Waals surface area (Å²) in [6.07, 6.45) is 18.1. The molecule has 3 rings (SSSR count). The molecule has 0 aromatic carbocycles. The maximum atomic E-state index is 11.5. The van der Waals surface area contributed by atoms with E-state index in [-0.39, 0.29) is 18.7 Å². The molecule has 0 amide bonds. The number of aliphatic hydroxyl groups is 6. The van der Waals surface area contributed by atoms with Crippen LogP contribution in [0.4, 0.5) is 0 Å². The van der Waals surface area contributed by atoms with E-state index in [1.165, 1.54) is 109 Å². The van der Waals surface area contributed by atoms with Gasteiger partial charge in [0.15, 0.2) is 6.29 Å². The molecule has 53 heavy (non-hydrogen) atoms. The van der Waals surface area contributed by atoms with Crippen LogP contribution in [0.5, 0.6) is 0 Å². The Morgan fingerprint density at radius 3 is 1.87 bits per heavy atom. The van der Waals surface area contributed by atoms with Crippen LogP contribution in [0.1, 0.15) is 155 Å². The summed E-state index contributed by atoms with van der Waals surface area (Å²) in [6, 6.07) is 0.0459. The predicted molar refractivity (Wildman–Crippen MR) is 208 cm³/mol. The standard InChI is InChI=1S/C41H81N3O9/c1-2-3-4-5-6-7-8-9-10-14-17-20-23-35(46)37(47)33(31-52-41-40(50)39(49)38(48)36(30-45)53-41)34-29-32(42-43-34)22-19-16-13-11-12-15-18-21-24-44-25-27-51-28-26-44/h32-43,45-50H,2-31H2,1H3/t32?,33-,34?,35-,36?,37+,38?,39?,40?,41?/m1/s1. The molecule has 0 radical (unpaired) electrons. The smallest absolute Gasteiger partial charge is 0.186 e. The number of morpholine rings is 1. The van der Waals surface area contributed by atoms with Crippen molar-refractivity contribution in [2.75, 3.05) is 46.1 Å². The Morgan fingerprint density at radius 2 is 1.26 bits per heavy atom. The first-order valence-corrected chi connectivity index (χ1v) is 21.9. The minimum Gasteiger partial charge on any atom is -0.394 e. The number of ether oxygens (including phenoxy) is 3. The highest BCUT2D eigenvalue weighted by Crippen LogP contribution is 2.28. The van der Waals surface area contributed by atoms with Gasteiger partial charge >= 0.3 is 0 Å². The van der Waals surface area contributed by atoms with E-state index in [1.807, 2.05) is 0 Å². The molecular formula is C41H81N3O9. The van der Waals surface area contributed by atoms with E-state index >= 15 is 0 Å². The topological polar surface area (TPSA) is 176 Å². The molecule has 10 atom stereocenters. The van der Waals surface area contributed by atoms with Crippen LogP contribution in [-0.2, 0) is 14.2 Å². The average molecular weight is 760 g/mol. The van der Waals surface area contributed by atoms with Gasteiger partial charge in [-0.05, 0) is 32.2 Å². The molecule has 0 spiro atoms. The quantitative estimate of drug-likeness (QED) is 0.0471. The summed E-state index contributed by atoms with van der Waals surface area (Å²) >= 11 is 0. The summed E-state index contributed by atoms with van der Waals surface area (Å²) in [5, 5.41) is 63.2. The third kappa shape index (κ3) is 18.6. The number of unbranched alkanes of at least 4 members (excludes halogenated alkanes) is 18. The fourth-order valence-corrected chi connectivity index (χ4v) is 8.25. The van der Waals surface area contributed by atoms with Crippen molar-refractivity contribution in [1.82, 2.24) is 15.8 Å². The Kier molecular flexibility index (Phi) is 25.5. The normalized spacial score (nSPS) is 28.7. The molecule has 3 heterocycles. The molecule has 8 N–H and O–H groups in total. The second-order valence-corrected chi connectivity index (χ2v) is 16.3. The van der Waals surface area contributed by atoms with Crippen LogP contribution < -0.4 is 10.9 Å². The molecule has 12 nitrogen and oxygen atoms in total. The van der Waals surface area contributed by atoms with Gasteiger partial charge in [-0.1, -0.05) is 129 Å². The highest BCUT2D eigenvalue weighted by molar-refractivity contribution is 4.93. The Bertz CT molecular complexity index is 871. The van der Waals surface area contributed by atoms with Crippen LogP contribution >= 0.6 is 0 Å². The van der Waals surface area contributed by atoms with Gasteiger partial charge in [0, 0.05) is 31.1 Å². The second kappa shape index (κ2) is 28.8. The molecule has 12 heteroatoms. The number of hydrazine groups is 1. The zero-order valence-electron chi connectivity index (χ0n) is 33.3. The maximum Gasteiger partial charge on any atom is 0.186 e. The molecule has 7 unspecified atom stereocenters. The van der Waals surface area contributed by atoms with Gasteiger partial charge in [0.05, 0.1) is 38.6 Å². The zero-order valence-corrected chi connectivity index (χ0v) is 33.3. The first kappa shape index (κ1) is 46.9. The molecular weight excluding hydrogens is 678 g/mol. The number of hydrogen-bond acceptors (Lipinski definition) is 12. The number of rotatable bonds is 31. The molecule has 0 aromatic heterocycles. The minimum atomic E-state index is -1.54. The van der Waals surface area contributed by atoms with Gasteiger partial charge in [-0.2, -0.15) is 0 Å². The highest BCUT2D eigenvalue weighted by Gasteiger charge is 2.45. The zero-order chi connectivity index (χ0) is 38.1. The molecule has 0 aromatic rings. The minimum absolute atomic E-state index is 0.0438. The van der Waals surface area contributed by atoms with Crippen molar-refractivity contribution in [3.05, 3.63) is 0 Å². The summed E-state index contributed by atoms with van der Waals surface area (Å²) in [4.78, 5) is 2.51. The fourth-order valence-electron chi connectivity index (χ4n) is 8.25. The molecule has 3 aliphatic rings. The van der Waals surface area contributed by atoms with Crippen molar-refractivity contribution >= 4 is 0 Å². The second-order valence-electron chi connectivity index (χ2n) is 16.3. The van der Waals surface area contributed by atoms with Gasteiger partial charge in [0.2, 0.25) is 0 Å². The number of nitrogens with one attached hydrogen (secondary N) is 2. The molecule has 0 saturated carbocycles. The van der Waals surface area contributed by atoms with Crippen LogP contribution in [0.15, 0.2) is 0 Å². The van der Waals surface area contributed by atoms with Gasteiger partial charge in [-0.25, -0.2) is 0 Å². The molecule has 314 valence electrons. The molecule has 0 bridgehead atoms. The Balaban J connectivity index is 1.36. The van der Waals surface area contributed by atoms with Crippen molar-refractivity contribution in [3.63, 3.8) is 0 Å². The lowest BCUT2D eigenvalue weighted by Crippen LogP contribution is -2.59. The van der Waals surface area contributed by atoms with Crippen LogP contribution in [0.2, 0.25) is 0 Å². The van der Waals surface area contributed by atoms with E-state index in [4.69, 9.17) is 14.2 Å². The van der Waals surface area contributed by atoms with Crippen molar-refractivity contribution in [2.45, 2.75) is 210 Å². The number of nitrogens with zero attached hydrogens (tertiary/aromatic N) is 1. The fraction of sp³-hybridized carbons (Fsp3) is 1.00. The third-order valence-corrected chi connectivity index (χ3v) is 11.9. The summed E-state index contributed by atoms with van der Waals surface area (Å²) in [5.41, 5.74) is 6.76. The first-order chi connectivity index (χ1) is 25.8. The van der Waals surface area contributed by atoms with Crippen molar-refractivity contribution < 1.29 is 44.8 Å². The first-order valence-electron chi connectivity index (χ1n) is 21.9. The van der Waals surface area contributed by atoms with E-state index in [9.17, 15) is 30.6 Å². The largest absolute Gasteiger partial charge is 0.394 e. The van der Waals surface area contributed by atoms with E-state index < -0.39 is 55.4 Å². The molecule has 3 fully saturated rings. The summed E-state index contributed by atoms with van der Waals surface area (Å²) < 4.78 is 16.9. The van der Waals surface area contributed by atoms with Crippen molar-refractivity contribution in [2.24, 2.45) is 5.92 Å². The van der Waals surface area contributed by atoms with Crippen LogP contribution in [0.3, 0.4) is 0 Å². The lowest BCUT2D eigenvalue weighted by Gasteiger charge is -2.40. The summed E-state index contributed by atoms with van der Waals surface area (Å²) in [5.74, 6) is -0.518. The van der Waals surface area contributed by atoms with E-state index in [2.05, 4.69) is 22.7 Å². The monoisotopic (exact) mass is 760 g/mol. The SMILES string of the molecule is CCCCCCCCCCCCCC[C@@H](O)[C@@H](O)[C@H](COC1OC(CO)C(O)C(O)C1O)C1CC(CCCCCCCCCCN2CCOCC2)NN1. The highest BCUT2D eigenvalue weighted by atomic mass is 16.7. The van der Waals surface area contributed by atoms with Gasteiger partial charge in [-0.15, -0.1) is 0 Å². The number of hydrogen-bond donors (Lipinski definition) is 8. The van der Waals surface area contributed by atoms with E-state index in [1.54, 1.807) is 0 Å².